The SMILES string of the molecule is CC(=O)Nc1cnn(CCC(C)O)c1. The van der Waals surface area contributed by atoms with Gasteiger partial charge in [0.05, 0.1) is 18.0 Å². The van der Waals surface area contributed by atoms with Gasteiger partial charge in [0.1, 0.15) is 0 Å². The van der Waals surface area contributed by atoms with Gasteiger partial charge in [0.25, 0.3) is 0 Å². The molecule has 1 heterocycles. The van der Waals surface area contributed by atoms with Crippen LogP contribution < -0.4 is 5.32 Å². The highest BCUT2D eigenvalue weighted by atomic mass is 16.3. The lowest BCUT2D eigenvalue weighted by atomic mass is 10.3. The van der Waals surface area contributed by atoms with Crippen LogP contribution in [-0.4, -0.2) is 26.9 Å². The number of nitrogens with one attached hydrogen (secondary N) is 1. The van der Waals surface area contributed by atoms with E-state index in [1.165, 1.54) is 6.92 Å². The van der Waals surface area contributed by atoms with Crippen LogP contribution in [0, 0.1) is 0 Å². The smallest absolute Gasteiger partial charge is 0.221 e. The first kappa shape index (κ1) is 10.7. The van der Waals surface area contributed by atoms with Crippen molar-refractivity contribution in [3.8, 4) is 0 Å². The van der Waals surface area contributed by atoms with Crippen LogP contribution in [0.15, 0.2) is 12.4 Å². The highest BCUT2D eigenvalue weighted by Gasteiger charge is 2.01. The average Bonchev–Trinajstić information content (AvgIpc) is 2.47. The molecule has 0 aliphatic carbocycles. The summed E-state index contributed by atoms with van der Waals surface area (Å²) in [6, 6.07) is 0. The number of rotatable bonds is 4. The minimum Gasteiger partial charge on any atom is -0.393 e. The van der Waals surface area contributed by atoms with Crippen molar-refractivity contribution in [2.75, 3.05) is 5.32 Å². The molecule has 0 bridgehead atoms. The third-order valence-corrected chi connectivity index (χ3v) is 1.73. The van der Waals surface area contributed by atoms with Crippen molar-refractivity contribution < 1.29 is 9.90 Å². The maximum Gasteiger partial charge on any atom is 0.221 e. The fourth-order valence-corrected chi connectivity index (χ4v) is 1.07. The first-order chi connectivity index (χ1) is 6.58. The highest BCUT2D eigenvalue weighted by Crippen LogP contribution is 2.05. The predicted octanol–water partition coefficient (Wildman–Crippen LogP) is 0.612. The van der Waals surface area contributed by atoms with Crippen LogP contribution >= 0.6 is 0 Å². The number of carbonyl (C=O) groups is 1. The Morgan fingerprint density at radius 2 is 2.50 bits per heavy atom. The number of aromatic nitrogens is 2. The molecule has 1 rings (SSSR count). The number of aryl methyl sites for hydroxylation is 1. The van der Waals surface area contributed by atoms with Crippen molar-refractivity contribution in [3.05, 3.63) is 12.4 Å². The van der Waals surface area contributed by atoms with Gasteiger partial charge in [-0.2, -0.15) is 5.10 Å². The van der Waals surface area contributed by atoms with Gasteiger partial charge in [0.15, 0.2) is 0 Å². The van der Waals surface area contributed by atoms with E-state index in [1.54, 1.807) is 24.0 Å². The van der Waals surface area contributed by atoms with Crippen molar-refractivity contribution in [1.29, 1.82) is 0 Å². The average molecular weight is 197 g/mol. The van der Waals surface area contributed by atoms with Crippen LogP contribution in [0.2, 0.25) is 0 Å². The summed E-state index contributed by atoms with van der Waals surface area (Å²) in [6.45, 7) is 3.84. The molecule has 78 valence electrons. The normalized spacial score (nSPS) is 12.5. The number of aliphatic hydroxyl groups is 1. The van der Waals surface area contributed by atoms with Crippen LogP contribution in [0.1, 0.15) is 20.3 Å². The third kappa shape index (κ3) is 3.57. The van der Waals surface area contributed by atoms with Gasteiger partial charge in [-0.1, -0.05) is 0 Å². The molecule has 1 unspecified atom stereocenters. The number of hydrogen-bond donors (Lipinski definition) is 2. The highest BCUT2D eigenvalue weighted by molar-refractivity contribution is 5.88. The summed E-state index contributed by atoms with van der Waals surface area (Å²) < 4.78 is 1.69. The zero-order valence-electron chi connectivity index (χ0n) is 8.40. The van der Waals surface area contributed by atoms with Gasteiger partial charge in [-0.15, -0.1) is 0 Å². The van der Waals surface area contributed by atoms with E-state index >= 15 is 0 Å². The van der Waals surface area contributed by atoms with E-state index in [4.69, 9.17) is 5.11 Å². The number of aliphatic hydroxyl groups excluding tert-OH is 1. The zero-order valence-corrected chi connectivity index (χ0v) is 8.40. The summed E-state index contributed by atoms with van der Waals surface area (Å²) in [5, 5.41) is 15.7. The molecule has 0 spiro atoms. The second-order valence-corrected chi connectivity index (χ2v) is 3.31. The summed E-state index contributed by atoms with van der Waals surface area (Å²) in [4.78, 5) is 10.7. The quantitative estimate of drug-likeness (QED) is 0.743. The molecule has 1 aromatic rings. The van der Waals surface area contributed by atoms with Crippen molar-refractivity contribution in [2.24, 2.45) is 0 Å². The van der Waals surface area contributed by atoms with Crippen LogP contribution in [0.4, 0.5) is 5.69 Å². The largest absolute Gasteiger partial charge is 0.393 e. The lowest BCUT2D eigenvalue weighted by Crippen LogP contribution is -2.07. The summed E-state index contributed by atoms with van der Waals surface area (Å²) in [7, 11) is 0. The van der Waals surface area contributed by atoms with Gasteiger partial charge in [-0.3, -0.25) is 9.48 Å². The van der Waals surface area contributed by atoms with Crippen LogP contribution in [0.25, 0.3) is 0 Å². The molecular formula is C9H15N3O2. The van der Waals surface area contributed by atoms with E-state index in [-0.39, 0.29) is 12.0 Å². The molecule has 5 nitrogen and oxygen atoms in total. The number of carbonyl (C=O) groups excluding carboxylic acids is 1. The van der Waals surface area contributed by atoms with E-state index in [0.717, 1.165) is 0 Å². The molecule has 0 fully saturated rings. The zero-order chi connectivity index (χ0) is 10.6. The van der Waals surface area contributed by atoms with Gasteiger partial charge in [-0.05, 0) is 13.3 Å². The Morgan fingerprint density at radius 3 is 3.07 bits per heavy atom. The second kappa shape index (κ2) is 4.76. The van der Waals surface area contributed by atoms with Gasteiger partial charge in [0, 0.05) is 19.7 Å². The Bertz CT molecular complexity index is 307. The van der Waals surface area contributed by atoms with Gasteiger partial charge in [0.2, 0.25) is 5.91 Å². The Labute approximate surface area is 82.7 Å². The van der Waals surface area contributed by atoms with Crippen molar-refractivity contribution in [1.82, 2.24) is 9.78 Å². The predicted molar refractivity (Wildman–Crippen MR) is 52.8 cm³/mol. The summed E-state index contributed by atoms with van der Waals surface area (Å²) in [5.74, 6) is -0.111. The van der Waals surface area contributed by atoms with Gasteiger partial charge < -0.3 is 10.4 Å². The Hall–Kier alpha value is -1.36. The van der Waals surface area contributed by atoms with E-state index in [2.05, 4.69) is 10.4 Å². The minimum atomic E-state index is -0.330. The molecule has 0 radical (unpaired) electrons. The molecule has 14 heavy (non-hydrogen) atoms. The first-order valence-electron chi connectivity index (χ1n) is 4.56. The first-order valence-corrected chi connectivity index (χ1v) is 4.56. The molecule has 0 saturated heterocycles. The summed E-state index contributed by atoms with van der Waals surface area (Å²) >= 11 is 0. The number of amides is 1. The number of nitrogens with zero attached hydrogens (tertiary/aromatic N) is 2. The Morgan fingerprint density at radius 1 is 1.79 bits per heavy atom. The van der Waals surface area contributed by atoms with E-state index in [9.17, 15) is 4.79 Å². The molecule has 2 N–H and O–H groups in total. The second-order valence-electron chi connectivity index (χ2n) is 3.31. The molecule has 1 aromatic heterocycles. The van der Waals surface area contributed by atoms with E-state index < -0.39 is 0 Å². The topological polar surface area (TPSA) is 67.2 Å². The van der Waals surface area contributed by atoms with Gasteiger partial charge >= 0.3 is 0 Å². The fraction of sp³-hybridized carbons (Fsp3) is 0.556. The number of anilines is 1. The maximum atomic E-state index is 10.7. The molecule has 5 heteroatoms. The summed E-state index contributed by atoms with van der Waals surface area (Å²) in [6.07, 6.45) is 3.65. The van der Waals surface area contributed by atoms with Crippen molar-refractivity contribution >= 4 is 11.6 Å². The van der Waals surface area contributed by atoms with E-state index in [1.807, 2.05) is 0 Å². The standard InChI is InChI=1S/C9H15N3O2/c1-7(13)3-4-12-6-9(5-10-12)11-8(2)14/h5-7,13H,3-4H2,1-2H3,(H,11,14). The Balaban J connectivity index is 2.46. The lowest BCUT2D eigenvalue weighted by molar-refractivity contribution is -0.114. The molecular weight excluding hydrogens is 182 g/mol. The molecule has 1 amide bonds. The number of hydrogen-bond acceptors (Lipinski definition) is 3. The summed E-state index contributed by atoms with van der Waals surface area (Å²) in [5.41, 5.74) is 0.683. The molecule has 0 aromatic carbocycles. The van der Waals surface area contributed by atoms with Crippen molar-refractivity contribution in [3.63, 3.8) is 0 Å². The molecule has 0 saturated carbocycles. The van der Waals surface area contributed by atoms with Crippen LogP contribution in [0.5, 0.6) is 0 Å². The fourth-order valence-electron chi connectivity index (χ4n) is 1.07. The molecule has 1 atom stereocenters. The monoisotopic (exact) mass is 197 g/mol. The minimum absolute atomic E-state index is 0.111. The molecule has 0 aliphatic rings. The van der Waals surface area contributed by atoms with Crippen LogP contribution in [-0.2, 0) is 11.3 Å². The van der Waals surface area contributed by atoms with Crippen molar-refractivity contribution in [2.45, 2.75) is 32.9 Å². The Kier molecular flexibility index (Phi) is 3.64. The third-order valence-electron chi connectivity index (χ3n) is 1.73. The lowest BCUT2D eigenvalue weighted by Gasteiger charge is -2.03. The maximum absolute atomic E-state index is 10.7. The molecule has 0 aliphatic heterocycles. The van der Waals surface area contributed by atoms with E-state index in [0.29, 0.717) is 18.7 Å². The van der Waals surface area contributed by atoms with Gasteiger partial charge in [-0.25, -0.2) is 0 Å². The van der Waals surface area contributed by atoms with Crippen LogP contribution in [0.3, 0.4) is 0 Å².